The summed E-state index contributed by atoms with van der Waals surface area (Å²) in [6.07, 6.45) is 0.219. The largest absolute Gasteiger partial charge is 0.341 e. The predicted octanol–water partition coefficient (Wildman–Crippen LogP) is 2.10. The molecule has 0 aliphatic rings. The molecule has 0 radical (unpaired) electrons. The fraction of sp³-hybridized carbons (Fsp3) is 0.222. The van der Waals surface area contributed by atoms with E-state index in [1.807, 2.05) is 36.4 Å². The lowest BCUT2D eigenvalue weighted by molar-refractivity contribution is -0.233. The van der Waals surface area contributed by atoms with Gasteiger partial charge in [0.2, 0.25) is 0 Å². The first kappa shape index (κ1) is 10.7. The van der Waals surface area contributed by atoms with Crippen LogP contribution in [0.1, 0.15) is 13.3 Å². The molecule has 1 aromatic rings. The van der Waals surface area contributed by atoms with Crippen molar-refractivity contribution in [3.8, 4) is 0 Å². The summed E-state index contributed by atoms with van der Waals surface area (Å²) in [5, 5.41) is 7.49. The zero-order valence-corrected chi connectivity index (χ0v) is 6.93. The first-order valence-electron chi connectivity index (χ1n) is 3.65. The highest BCUT2D eigenvalue weighted by molar-refractivity contribution is 5.67. The second kappa shape index (κ2) is 7.75. The molecule has 1 aromatic carbocycles. The highest BCUT2D eigenvalue weighted by Gasteiger charge is 1.90. The zero-order chi connectivity index (χ0) is 9.23. The quantitative estimate of drug-likeness (QED) is 0.516. The van der Waals surface area contributed by atoms with Crippen molar-refractivity contribution >= 4 is 5.97 Å². The third-order valence-corrected chi connectivity index (χ3v) is 1.06. The maximum absolute atomic E-state index is 9.71. The van der Waals surface area contributed by atoms with Gasteiger partial charge in [0.1, 0.15) is 0 Å². The second-order valence-electron chi connectivity index (χ2n) is 1.97. The van der Waals surface area contributed by atoms with Crippen molar-refractivity contribution in [3.63, 3.8) is 0 Å². The van der Waals surface area contributed by atoms with Crippen molar-refractivity contribution in [1.82, 2.24) is 0 Å². The van der Waals surface area contributed by atoms with E-state index in [2.05, 4.69) is 4.89 Å². The van der Waals surface area contributed by atoms with E-state index in [-0.39, 0.29) is 6.42 Å². The molecule has 1 N–H and O–H groups in total. The summed E-state index contributed by atoms with van der Waals surface area (Å²) in [4.78, 5) is 13.0. The van der Waals surface area contributed by atoms with Gasteiger partial charge in [0.05, 0.1) is 0 Å². The predicted molar refractivity (Wildman–Crippen MR) is 45.5 cm³/mol. The van der Waals surface area contributed by atoms with Gasteiger partial charge in [-0.25, -0.2) is 4.79 Å². The lowest BCUT2D eigenvalue weighted by atomic mass is 10.4. The summed E-state index contributed by atoms with van der Waals surface area (Å²) in [6, 6.07) is 12.0. The molecule has 0 bridgehead atoms. The summed E-state index contributed by atoms with van der Waals surface area (Å²) in [5.41, 5.74) is 0. The molecule has 0 spiro atoms. The molecule has 0 fully saturated rings. The smallest absolute Gasteiger partial charge is 0.301 e. The molecule has 3 nitrogen and oxygen atoms in total. The molecular weight excluding hydrogens is 156 g/mol. The van der Waals surface area contributed by atoms with Gasteiger partial charge in [0.25, 0.3) is 0 Å². The SMILES string of the molecule is CCC(=O)OO.c1ccccc1. The van der Waals surface area contributed by atoms with Crippen LogP contribution in [0.2, 0.25) is 0 Å². The molecule has 0 saturated carbocycles. The van der Waals surface area contributed by atoms with E-state index in [0.29, 0.717) is 0 Å². The van der Waals surface area contributed by atoms with Gasteiger partial charge in [0.15, 0.2) is 0 Å². The fourth-order valence-corrected chi connectivity index (χ4v) is 0.449. The molecule has 0 aromatic heterocycles. The Labute approximate surface area is 71.5 Å². The highest BCUT2D eigenvalue weighted by Crippen LogP contribution is 1.79. The van der Waals surface area contributed by atoms with Gasteiger partial charge in [-0.05, 0) is 0 Å². The second-order valence-corrected chi connectivity index (χ2v) is 1.97. The highest BCUT2D eigenvalue weighted by atomic mass is 17.1. The van der Waals surface area contributed by atoms with Gasteiger partial charge in [0, 0.05) is 6.42 Å². The normalized spacial score (nSPS) is 7.83. The van der Waals surface area contributed by atoms with Crippen molar-refractivity contribution in [2.45, 2.75) is 13.3 Å². The van der Waals surface area contributed by atoms with Gasteiger partial charge in [-0.1, -0.05) is 43.3 Å². The molecule has 3 heteroatoms. The van der Waals surface area contributed by atoms with Crippen molar-refractivity contribution in [3.05, 3.63) is 36.4 Å². The van der Waals surface area contributed by atoms with Crippen LogP contribution in [0.15, 0.2) is 36.4 Å². The topological polar surface area (TPSA) is 46.5 Å². The molecule has 0 unspecified atom stereocenters. The minimum Gasteiger partial charge on any atom is -0.301 e. The van der Waals surface area contributed by atoms with Gasteiger partial charge in [-0.3, -0.25) is 0 Å². The molecule has 0 aliphatic carbocycles. The first-order valence-corrected chi connectivity index (χ1v) is 3.65. The molecule has 0 saturated heterocycles. The molecule has 0 aliphatic heterocycles. The van der Waals surface area contributed by atoms with Gasteiger partial charge >= 0.3 is 5.97 Å². The van der Waals surface area contributed by atoms with E-state index in [9.17, 15) is 4.79 Å². The molecule has 0 amide bonds. The number of benzene rings is 1. The standard InChI is InChI=1S/C6H6.C3H6O3/c1-2-4-6-5-3-1;1-2-3(4)6-5/h1-6H;5H,2H2,1H3. The van der Waals surface area contributed by atoms with Crippen molar-refractivity contribution in [2.24, 2.45) is 0 Å². The Morgan fingerprint density at radius 2 is 1.50 bits per heavy atom. The summed E-state index contributed by atoms with van der Waals surface area (Å²) in [7, 11) is 0. The van der Waals surface area contributed by atoms with Gasteiger partial charge < -0.3 is 4.89 Å². The maximum Gasteiger partial charge on any atom is 0.341 e. The van der Waals surface area contributed by atoms with Crippen LogP contribution >= 0.6 is 0 Å². The summed E-state index contributed by atoms with van der Waals surface area (Å²) in [6.45, 7) is 1.60. The van der Waals surface area contributed by atoms with E-state index < -0.39 is 5.97 Å². The van der Waals surface area contributed by atoms with Crippen LogP contribution in [0.25, 0.3) is 0 Å². The minimum absolute atomic E-state index is 0.219. The van der Waals surface area contributed by atoms with E-state index in [4.69, 9.17) is 5.26 Å². The van der Waals surface area contributed by atoms with Crippen LogP contribution in [0.5, 0.6) is 0 Å². The van der Waals surface area contributed by atoms with E-state index in [1.54, 1.807) is 6.92 Å². The average molecular weight is 168 g/mol. The van der Waals surface area contributed by atoms with Crippen LogP contribution in [-0.4, -0.2) is 11.2 Å². The van der Waals surface area contributed by atoms with Crippen LogP contribution in [0.3, 0.4) is 0 Å². The first-order chi connectivity index (χ1) is 5.81. The monoisotopic (exact) mass is 168 g/mol. The van der Waals surface area contributed by atoms with Crippen LogP contribution in [0.4, 0.5) is 0 Å². The number of carbonyl (C=O) groups is 1. The molecule has 66 valence electrons. The zero-order valence-electron chi connectivity index (χ0n) is 6.93. The van der Waals surface area contributed by atoms with Gasteiger partial charge in [-0.15, -0.1) is 0 Å². The van der Waals surface area contributed by atoms with Crippen LogP contribution < -0.4 is 0 Å². The molecule has 1 rings (SSSR count). The van der Waals surface area contributed by atoms with Crippen molar-refractivity contribution in [2.75, 3.05) is 0 Å². The molecule has 12 heavy (non-hydrogen) atoms. The Balaban J connectivity index is 0.000000202. The number of hydrogen-bond acceptors (Lipinski definition) is 3. The van der Waals surface area contributed by atoms with E-state index in [0.717, 1.165) is 0 Å². The number of carbonyl (C=O) groups excluding carboxylic acids is 1. The Hall–Kier alpha value is -1.35. The van der Waals surface area contributed by atoms with Crippen LogP contribution in [0, 0.1) is 0 Å². The average Bonchev–Trinajstić information content (AvgIpc) is 2.20. The maximum atomic E-state index is 9.71. The van der Waals surface area contributed by atoms with Gasteiger partial charge in [-0.2, -0.15) is 5.26 Å². The number of hydrogen-bond donors (Lipinski definition) is 1. The third kappa shape index (κ3) is 6.77. The van der Waals surface area contributed by atoms with Crippen molar-refractivity contribution in [1.29, 1.82) is 0 Å². The Morgan fingerprint density at radius 3 is 1.58 bits per heavy atom. The molecule has 0 atom stereocenters. The fourth-order valence-electron chi connectivity index (χ4n) is 0.449. The third-order valence-electron chi connectivity index (χ3n) is 1.06. The summed E-state index contributed by atoms with van der Waals surface area (Å²) < 4.78 is 0. The molecular formula is C9H12O3. The Morgan fingerprint density at radius 1 is 1.17 bits per heavy atom. The summed E-state index contributed by atoms with van der Waals surface area (Å²) >= 11 is 0. The summed E-state index contributed by atoms with van der Waals surface area (Å²) in [5.74, 6) is -0.602. The minimum atomic E-state index is -0.602. The Kier molecular flexibility index (Phi) is 6.88. The lowest BCUT2D eigenvalue weighted by Crippen LogP contribution is -1.95. The lowest BCUT2D eigenvalue weighted by Gasteiger charge is -1.83. The van der Waals surface area contributed by atoms with Crippen molar-refractivity contribution < 1.29 is 14.9 Å². The van der Waals surface area contributed by atoms with E-state index in [1.165, 1.54) is 0 Å². The molecule has 0 heterocycles. The number of rotatable bonds is 1. The van der Waals surface area contributed by atoms with E-state index >= 15 is 0 Å². The van der Waals surface area contributed by atoms with Crippen LogP contribution in [-0.2, 0) is 9.68 Å². The Bertz CT molecular complexity index is 163.